The van der Waals surface area contributed by atoms with E-state index in [1.54, 1.807) is 0 Å². The van der Waals surface area contributed by atoms with Gasteiger partial charge in [0.25, 0.3) is 5.69 Å². The average molecular weight is 364 g/mol. The van der Waals surface area contributed by atoms with E-state index in [0.717, 1.165) is 12.1 Å². The van der Waals surface area contributed by atoms with E-state index in [1.807, 2.05) is 0 Å². The Balaban J connectivity index is 2.34. The third-order valence-electron chi connectivity index (χ3n) is 2.71. The number of halogens is 1. The summed E-state index contributed by atoms with van der Waals surface area (Å²) in [5, 5.41) is 13.4. The zero-order valence-electron chi connectivity index (χ0n) is 10.00. The lowest BCUT2D eigenvalue weighted by Crippen LogP contribution is -2.36. The third-order valence-corrected chi connectivity index (χ3v) is 4.77. The number of rotatable bonds is 4. The summed E-state index contributed by atoms with van der Waals surface area (Å²) in [6.45, 7) is 0.169. The van der Waals surface area contributed by atoms with Gasteiger partial charge in [0.1, 0.15) is 0 Å². The van der Waals surface area contributed by atoms with Crippen LogP contribution in [0, 0.1) is 10.1 Å². The van der Waals surface area contributed by atoms with Gasteiger partial charge in [-0.2, -0.15) is 0 Å². The fraction of sp³-hybridized carbons (Fsp3) is 0.300. The van der Waals surface area contributed by atoms with Gasteiger partial charge < -0.3 is 5.32 Å². The maximum Gasteiger partial charge on any atom is 0.290 e. The van der Waals surface area contributed by atoms with Crippen LogP contribution in [0.3, 0.4) is 0 Å². The largest absolute Gasteiger partial charge is 0.354 e. The van der Waals surface area contributed by atoms with Gasteiger partial charge in [-0.25, -0.2) is 13.1 Å². The second kappa shape index (κ2) is 5.46. The molecule has 1 aromatic carbocycles. The van der Waals surface area contributed by atoms with Crippen molar-refractivity contribution in [3.8, 4) is 0 Å². The summed E-state index contributed by atoms with van der Waals surface area (Å²) in [7, 11) is -4.06. The lowest BCUT2D eigenvalue weighted by atomic mass is 10.3. The molecular formula is C10H10BrN3O5S. The molecule has 2 N–H and O–H groups in total. The van der Waals surface area contributed by atoms with Crippen LogP contribution < -0.4 is 10.0 Å². The van der Waals surface area contributed by atoms with Crippen molar-refractivity contribution in [3.63, 3.8) is 0 Å². The first-order chi connectivity index (χ1) is 9.29. The van der Waals surface area contributed by atoms with E-state index in [9.17, 15) is 23.3 Å². The molecule has 0 aromatic heterocycles. The van der Waals surface area contributed by atoms with Gasteiger partial charge in [0.2, 0.25) is 15.9 Å². The normalized spacial score (nSPS) is 18.9. The smallest absolute Gasteiger partial charge is 0.290 e. The number of carbonyl (C=O) groups is 1. The first-order valence-electron chi connectivity index (χ1n) is 5.52. The molecule has 1 atom stereocenters. The van der Waals surface area contributed by atoms with Gasteiger partial charge in [0, 0.05) is 29.5 Å². The molecule has 1 saturated heterocycles. The van der Waals surface area contributed by atoms with E-state index >= 15 is 0 Å². The highest BCUT2D eigenvalue weighted by Crippen LogP contribution is 2.27. The monoisotopic (exact) mass is 363 g/mol. The zero-order valence-corrected chi connectivity index (χ0v) is 12.4. The molecule has 1 heterocycles. The molecule has 0 radical (unpaired) electrons. The molecule has 0 bridgehead atoms. The summed E-state index contributed by atoms with van der Waals surface area (Å²) in [5.41, 5.74) is -0.524. The van der Waals surface area contributed by atoms with E-state index in [4.69, 9.17) is 0 Å². The first-order valence-corrected chi connectivity index (χ1v) is 7.80. The molecule has 108 valence electrons. The molecule has 10 heteroatoms. The summed E-state index contributed by atoms with van der Waals surface area (Å²) in [4.78, 5) is 20.8. The number of sulfonamides is 1. The van der Waals surface area contributed by atoms with E-state index in [1.165, 1.54) is 6.07 Å². The van der Waals surface area contributed by atoms with Crippen molar-refractivity contribution in [2.24, 2.45) is 0 Å². The van der Waals surface area contributed by atoms with Gasteiger partial charge in [-0.3, -0.25) is 14.9 Å². The van der Waals surface area contributed by atoms with Crippen molar-refractivity contribution in [1.82, 2.24) is 10.0 Å². The molecule has 0 unspecified atom stereocenters. The minimum absolute atomic E-state index is 0.0174. The molecular weight excluding hydrogens is 354 g/mol. The van der Waals surface area contributed by atoms with Gasteiger partial charge in [0.15, 0.2) is 4.90 Å². The van der Waals surface area contributed by atoms with Crippen LogP contribution in [-0.4, -0.2) is 31.8 Å². The van der Waals surface area contributed by atoms with Crippen molar-refractivity contribution < 1.29 is 18.1 Å². The number of nitro benzene ring substituents is 1. The number of hydrogen-bond donors (Lipinski definition) is 2. The molecule has 0 saturated carbocycles. The summed E-state index contributed by atoms with van der Waals surface area (Å²) in [5.74, 6) is -0.261. The van der Waals surface area contributed by atoms with E-state index < -0.39 is 31.6 Å². The molecule has 0 aliphatic carbocycles. The number of hydrogen-bond acceptors (Lipinski definition) is 5. The number of nitrogens with zero attached hydrogens (tertiary/aromatic N) is 1. The Morgan fingerprint density at radius 3 is 2.70 bits per heavy atom. The predicted octanol–water partition coefficient (Wildman–Crippen LogP) is 0.524. The quantitative estimate of drug-likeness (QED) is 0.597. The van der Waals surface area contributed by atoms with Crippen LogP contribution in [0.15, 0.2) is 27.6 Å². The lowest BCUT2D eigenvalue weighted by Gasteiger charge is -2.11. The topological polar surface area (TPSA) is 118 Å². The van der Waals surface area contributed by atoms with Gasteiger partial charge in [0.05, 0.1) is 4.92 Å². The molecule has 1 aliphatic heterocycles. The molecule has 1 amide bonds. The van der Waals surface area contributed by atoms with Crippen molar-refractivity contribution in [1.29, 1.82) is 0 Å². The number of nitrogens with one attached hydrogen (secondary N) is 2. The van der Waals surface area contributed by atoms with Crippen LogP contribution in [0.1, 0.15) is 6.42 Å². The Kier molecular flexibility index (Phi) is 4.06. The lowest BCUT2D eigenvalue weighted by molar-refractivity contribution is -0.387. The molecule has 1 aliphatic rings. The molecule has 0 spiro atoms. The zero-order chi connectivity index (χ0) is 14.9. The predicted molar refractivity (Wildman–Crippen MR) is 72.5 cm³/mol. The summed E-state index contributed by atoms with van der Waals surface area (Å²) < 4.78 is 27.0. The Morgan fingerprint density at radius 2 is 2.15 bits per heavy atom. The molecule has 1 fully saturated rings. The van der Waals surface area contributed by atoms with Crippen LogP contribution in [0.5, 0.6) is 0 Å². The Hall–Kier alpha value is -1.52. The minimum Gasteiger partial charge on any atom is -0.354 e. The van der Waals surface area contributed by atoms with Crippen LogP contribution in [0.4, 0.5) is 5.69 Å². The number of amides is 1. The molecule has 1 aromatic rings. The van der Waals surface area contributed by atoms with Gasteiger partial charge in [-0.05, 0) is 12.1 Å². The third kappa shape index (κ3) is 3.14. The average Bonchev–Trinajstić information content (AvgIpc) is 2.73. The maximum atomic E-state index is 12.2. The molecule has 8 nitrogen and oxygen atoms in total. The Bertz CT molecular complexity index is 675. The number of nitro groups is 1. The Morgan fingerprint density at radius 1 is 1.45 bits per heavy atom. The van der Waals surface area contributed by atoms with E-state index in [0.29, 0.717) is 4.47 Å². The highest BCUT2D eigenvalue weighted by atomic mass is 79.9. The summed E-state index contributed by atoms with van der Waals surface area (Å²) >= 11 is 3.05. The van der Waals surface area contributed by atoms with E-state index in [-0.39, 0.29) is 18.9 Å². The van der Waals surface area contributed by atoms with Gasteiger partial charge in [-0.15, -0.1) is 0 Å². The first kappa shape index (κ1) is 14.9. The maximum absolute atomic E-state index is 12.2. The van der Waals surface area contributed by atoms with Crippen molar-refractivity contribution >= 4 is 37.5 Å². The minimum atomic E-state index is -4.06. The number of carbonyl (C=O) groups excluding carboxylic acids is 1. The molecule has 2 rings (SSSR count). The second-order valence-corrected chi connectivity index (χ2v) is 6.79. The van der Waals surface area contributed by atoms with E-state index in [2.05, 4.69) is 26.0 Å². The van der Waals surface area contributed by atoms with Crippen LogP contribution in [0.2, 0.25) is 0 Å². The molecule has 20 heavy (non-hydrogen) atoms. The fourth-order valence-electron chi connectivity index (χ4n) is 1.83. The second-order valence-electron chi connectivity index (χ2n) is 4.20. The fourth-order valence-corrected chi connectivity index (χ4v) is 3.57. The van der Waals surface area contributed by atoms with Crippen molar-refractivity contribution in [2.45, 2.75) is 17.4 Å². The van der Waals surface area contributed by atoms with Gasteiger partial charge in [-0.1, -0.05) is 15.9 Å². The highest BCUT2D eigenvalue weighted by molar-refractivity contribution is 9.10. The standard InChI is InChI=1S/C10H10BrN3O5S/c11-6-1-2-9(8(3-6)14(16)17)20(18,19)13-7-4-10(15)12-5-7/h1-3,7,13H,4-5H2,(H,12,15)/t7-/m1/s1. The van der Waals surface area contributed by atoms with Crippen LogP contribution in [0.25, 0.3) is 0 Å². The summed E-state index contributed by atoms with van der Waals surface area (Å²) in [6, 6.07) is 3.07. The SMILES string of the molecule is O=C1C[C@@H](NS(=O)(=O)c2ccc(Br)cc2[N+](=O)[O-])CN1. The summed E-state index contributed by atoms with van der Waals surface area (Å²) in [6.07, 6.45) is 0.0174. The van der Waals surface area contributed by atoms with Crippen LogP contribution in [-0.2, 0) is 14.8 Å². The highest BCUT2D eigenvalue weighted by Gasteiger charge is 2.31. The number of benzene rings is 1. The van der Waals surface area contributed by atoms with Crippen LogP contribution >= 0.6 is 15.9 Å². The Labute approximate surface area is 122 Å². The van der Waals surface area contributed by atoms with Crippen molar-refractivity contribution in [3.05, 3.63) is 32.8 Å². The van der Waals surface area contributed by atoms with Gasteiger partial charge >= 0.3 is 0 Å². The van der Waals surface area contributed by atoms with Crippen molar-refractivity contribution in [2.75, 3.05) is 6.54 Å².